The molecule has 0 aliphatic heterocycles. The van der Waals surface area contributed by atoms with Crippen molar-refractivity contribution in [3.8, 4) is 0 Å². The highest BCUT2D eigenvalue weighted by Gasteiger charge is 2.15. The average Bonchev–Trinajstić information content (AvgIpc) is 2.28. The fraction of sp³-hybridized carbons (Fsp3) is 0.857. The van der Waals surface area contributed by atoms with Gasteiger partial charge in [-0.3, -0.25) is 9.59 Å². The molecule has 0 fully saturated rings. The summed E-state index contributed by atoms with van der Waals surface area (Å²) in [5.41, 5.74) is 4.91. The van der Waals surface area contributed by atoms with Gasteiger partial charge in [-0.25, -0.2) is 0 Å². The Bertz CT molecular complexity index is 272. The molecule has 0 atom stereocenters. The highest BCUT2D eigenvalue weighted by atomic mass is 16.6. The van der Waals surface area contributed by atoms with Crippen LogP contribution in [0, 0.1) is 0 Å². The van der Waals surface area contributed by atoms with Crippen LogP contribution < -0.4 is 11.1 Å². The molecule has 0 rings (SSSR count). The summed E-state index contributed by atoms with van der Waals surface area (Å²) in [7, 11) is 0. The zero-order valence-electron chi connectivity index (χ0n) is 12.5. The summed E-state index contributed by atoms with van der Waals surface area (Å²) < 4.78 is 5.21. The van der Waals surface area contributed by atoms with Crippen molar-refractivity contribution in [1.29, 1.82) is 0 Å². The van der Waals surface area contributed by atoms with Crippen molar-refractivity contribution < 1.29 is 14.3 Å². The lowest BCUT2D eigenvalue weighted by atomic mass is 10.1. The second-order valence-corrected chi connectivity index (χ2v) is 5.64. The summed E-state index contributed by atoms with van der Waals surface area (Å²) in [6, 6.07) is 0. The molecule has 0 aromatic rings. The Morgan fingerprint density at radius 1 is 1.05 bits per heavy atom. The maximum atomic E-state index is 11.4. The summed E-state index contributed by atoms with van der Waals surface area (Å²) >= 11 is 0. The smallest absolute Gasteiger partial charge is 0.306 e. The first kappa shape index (κ1) is 17.9. The summed E-state index contributed by atoms with van der Waals surface area (Å²) in [6.45, 7) is 6.80. The molecule has 0 unspecified atom stereocenters. The molecule has 0 saturated heterocycles. The van der Waals surface area contributed by atoms with E-state index in [1.807, 2.05) is 20.8 Å². The summed E-state index contributed by atoms with van der Waals surface area (Å²) in [4.78, 5) is 22.7. The fourth-order valence-corrected chi connectivity index (χ4v) is 1.54. The highest BCUT2D eigenvalue weighted by molar-refractivity contribution is 5.75. The van der Waals surface area contributed by atoms with Crippen LogP contribution in [0.1, 0.15) is 59.3 Å². The third-order valence-electron chi connectivity index (χ3n) is 2.41. The minimum Gasteiger partial charge on any atom is -0.460 e. The van der Waals surface area contributed by atoms with Crippen molar-refractivity contribution in [2.24, 2.45) is 5.73 Å². The van der Waals surface area contributed by atoms with Crippen LogP contribution in [0.2, 0.25) is 0 Å². The summed E-state index contributed by atoms with van der Waals surface area (Å²) in [5.74, 6) is -0.0999. The summed E-state index contributed by atoms with van der Waals surface area (Å²) in [5, 5.41) is 2.83. The molecule has 5 nitrogen and oxygen atoms in total. The first-order chi connectivity index (χ1) is 8.85. The fourth-order valence-electron chi connectivity index (χ4n) is 1.54. The van der Waals surface area contributed by atoms with Gasteiger partial charge in [0.1, 0.15) is 5.60 Å². The van der Waals surface area contributed by atoms with Crippen molar-refractivity contribution in [1.82, 2.24) is 5.32 Å². The molecule has 19 heavy (non-hydrogen) atoms. The number of hydrogen-bond acceptors (Lipinski definition) is 4. The molecule has 112 valence electrons. The Hall–Kier alpha value is -1.10. The Morgan fingerprint density at radius 3 is 2.32 bits per heavy atom. The molecule has 0 radical (unpaired) electrons. The average molecular weight is 272 g/mol. The number of hydrogen-bond donors (Lipinski definition) is 2. The van der Waals surface area contributed by atoms with E-state index < -0.39 is 5.60 Å². The number of carbonyl (C=O) groups is 2. The Labute approximate surface area is 116 Å². The van der Waals surface area contributed by atoms with Gasteiger partial charge in [-0.2, -0.15) is 0 Å². The molecule has 0 spiro atoms. The zero-order valence-corrected chi connectivity index (χ0v) is 12.5. The van der Waals surface area contributed by atoms with Crippen LogP contribution in [0.5, 0.6) is 0 Å². The van der Waals surface area contributed by atoms with E-state index >= 15 is 0 Å². The maximum absolute atomic E-state index is 11.4. The first-order valence-corrected chi connectivity index (χ1v) is 7.04. The van der Waals surface area contributed by atoms with Crippen molar-refractivity contribution in [3.63, 3.8) is 0 Å². The minimum absolute atomic E-state index is 0.0533. The molecule has 0 aliphatic carbocycles. The van der Waals surface area contributed by atoms with Crippen LogP contribution in [-0.4, -0.2) is 30.6 Å². The van der Waals surface area contributed by atoms with E-state index in [4.69, 9.17) is 10.5 Å². The van der Waals surface area contributed by atoms with Crippen LogP contribution in [-0.2, 0) is 14.3 Å². The van der Waals surface area contributed by atoms with Gasteiger partial charge in [0.2, 0.25) is 5.91 Å². The number of nitrogens with two attached hydrogens (primary N) is 1. The van der Waals surface area contributed by atoms with Gasteiger partial charge in [0.15, 0.2) is 0 Å². The molecular formula is C14H28N2O3. The molecule has 0 saturated carbocycles. The molecule has 5 heteroatoms. The van der Waals surface area contributed by atoms with Gasteiger partial charge in [0.05, 0.1) is 0 Å². The van der Waals surface area contributed by atoms with Crippen molar-refractivity contribution >= 4 is 11.9 Å². The number of ether oxygens (including phenoxy) is 1. The van der Waals surface area contributed by atoms with Gasteiger partial charge in [0, 0.05) is 19.4 Å². The molecule has 0 aromatic heterocycles. The maximum Gasteiger partial charge on any atom is 0.306 e. The number of esters is 1. The van der Waals surface area contributed by atoms with Gasteiger partial charge < -0.3 is 15.8 Å². The van der Waals surface area contributed by atoms with Crippen LogP contribution in [0.3, 0.4) is 0 Å². The first-order valence-electron chi connectivity index (χ1n) is 7.04. The van der Waals surface area contributed by atoms with E-state index in [2.05, 4.69) is 5.32 Å². The second-order valence-electron chi connectivity index (χ2n) is 5.64. The zero-order chi connectivity index (χ0) is 14.7. The molecular weight excluding hydrogens is 244 g/mol. The predicted octanol–water partition coefficient (Wildman–Crippen LogP) is 1.74. The largest absolute Gasteiger partial charge is 0.460 e. The lowest BCUT2D eigenvalue weighted by molar-refractivity contribution is -0.154. The number of rotatable bonds is 9. The molecule has 1 amide bonds. The van der Waals surface area contributed by atoms with Crippen LogP contribution >= 0.6 is 0 Å². The van der Waals surface area contributed by atoms with Gasteiger partial charge in [-0.1, -0.05) is 6.42 Å². The number of nitrogens with one attached hydrogen (secondary N) is 1. The Balaban J connectivity index is 3.41. The lowest BCUT2D eigenvalue weighted by Crippen LogP contribution is -2.25. The monoisotopic (exact) mass is 272 g/mol. The summed E-state index contributed by atoms with van der Waals surface area (Å²) in [6.07, 6.45) is 4.26. The third kappa shape index (κ3) is 13.1. The van der Waals surface area contributed by atoms with E-state index in [1.165, 1.54) is 0 Å². The Kier molecular flexibility index (Phi) is 9.21. The number of amides is 1. The van der Waals surface area contributed by atoms with Crippen LogP contribution in [0.15, 0.2) is 0 Å². The molecule has 0 aromatic carbocycles. The predicted molar refractivity (Wildman–Crippen MR) is 75.6 cm³/mol. The van der Waals surface area contributed by atoms with Crippen LogP contribution in [0.25, 0.3) is 0 Å². The number of carbonyl (C=O) groups excluding carboxylic acids is 2. The normalized spacial score (nSPS) is 11.2. The van der Waals surface area contributed by atoms with E-state index in [0.717, 1.165) is 25.7 Å². The Morgan fingerprint density at radius 2 is 1.74 bits per heavy atom. The van der Waals surface area contributed by atoms with Gasteiger partial charge in [-0.05, 0) is 46.6 Å². The van der Waals surface area contributed by atoms with E-state index in [-0.39, 0.29) is 11.9 Å². The van der Waals surface area contributed by atoms with E-state index in [1.54, 1.807) is 0 Å². The van der Waals surface area contributed by atoms with Gasteiger partial charge in [-0.15, -0.1) is 0 Å². The molecule has 0 bridgehead atoms. The molecule has 3 N–H and O–H groups in total. The number of unbranched alkanes of at least 4 members (excludes halogenated alkanes) is 2. The van der Waals surface area contributed by atoms with Crippen molar-refractivity contribution in [3.05, 3.63) is 0 Å². The van der Waals surface area contributed by atoms with Gasteiger partial charge >= 0.3 is 5.97 Å². The lowest BCUT2D eigenvalue weighted by Gasteiger charge is -2.19. The topological polar surface area (TPSA) is 81.4 Å². The van der Waals surface area contributed by atoms with E-state index in [0.29, 0.717) is 25.9 Å². The quantitative estimate of drug-likeness (QED) is 0.495. The van der Waals surface area contributed by atoms with Crippen molar-refractivity contribution in [2.45, 2.75) is 64.9 Å². The van der Waals surface area contributed by atoms with Crippen molar-refractivity contribution in [2.75, 3.05) is 13.1 Å². The van der Waals surface area contributed by atoms with Gasteiger partial charge in [0.25, 0.3) is 0 Å². The third-order valence-corrected chi connectivity index (χ3v) is 2.41. The van der Waals surface area contributed by atoms with E-state index in [9.17, 15) is 9.59 Å². The second kappa shape index (κ2) is 9.78. The standard InChI is InChI=1S/C14H28N2O3/c1-14(2,3)19-13(18)9-5-4-6-11-16-12(17)8-7-10-15/h4-11,15H2,1-3H3,(H,16,17). The highest BCUT2D eigenvalue weighted by Crippen LogP contribution is 2.10. The SMILES string of the molecule is CC(C)(C)OC(=O)CCCCCNC(=O)CCCN. The minimum atomic E-state index is -0.409. The van der Waals surface area contributed by atoms with Crippen LogP contribution in [0.4, 0.5) is 0 Å². The molecule has 0 aliphatic rings. The molecule has 0 heterocycles.